The topological polar surface area (TPSA) is 82.9 Å². The summed E-state index contributed by atoms with van der Waals surface area (Å²) in [7, 11) is 0. The molecule has 1 N–H and O–H groups in total. The van der Waals surface area contributed by atoms with Crippen LogP contribution in [-0.2, 0) is 5.54 Å². The zero-order valence-electron chi connectivity index (χ0n) is 21.2. The van der Waals surface area contributed by atoms with Crippen LogP contribution in [0.15, 0.2) is 53.3 Å². The Kier molecular flexibility index (Phi) is 6.34. The summed E-state index contributed by atoms with van der Waals surface area (Å²) < 4.78 is 15.3. The second-order valence-corrected chi connectivity index (χ2v) is 10.2. The smallest absolute Gasteiger partial charge is 0.253 e. The van der Waals surface area contributed by atoms with Crippen molar-refractivity contribution in [2.45, 2.75) is 45.7 Å². The molecule has 0 saturated carbocycles. The molecular formula is C27H32FN7O. The van der Waals surface area contributed by atoms with E-state index in [1.54, 1.807) is 0 Å². The first-order valence-corrected chi connectivity index (χ1v) is 12.4. The lowest BCUT2D eigenvalue weighted by atomic mass is 9.98. The largest absolute Gasteiger partial charge is 0.369 e. The fraction of sp³-hybridized carbons (Fsp3) is 0.407. The summed E-state index contributed by atoms with van der Waals surface area (Å²) in [6.45, 7) is 11.2. The van der Waals surface area contributed by atoms with E-state index in [0.717, 1.165) is 41.7 Å². The number of benzene rings is 2. The lowest BCUT2D eigenvalue weighted by Crippen LogP contribution is -2.49. The fourth-order valence-corrected chi connectivity index (χ4v) is 4.88. The number of pyridine rings is 1. The summed E-state index contributed by atoms with van der Waals surface area (Å²) in [5, 5.41) is 13.8. The average Bonchev–Trinajstić information content (AvgIpc) is 3.36. The Bertz CT molecular complexity index is 1420. The van der Waals surface area contributed by atoms with E-state index in [1.165, 1.54) is 12.1 Å². The highest BCUT2D eigenvalue weighted by molar-refractivity contribution is 5.79. The van der Waals surface area contributed by atoms with Crippen LogP contribution >= 0.6 is 0 Å². The van der Waals surface area contributed by atoms with Crippen LogP contribution in [0.4, 0.5) is 10.1 Å². The predicted octanol–water partition coefficient (Wildman–Crippen LogP) is 4.02. The first-order valence-electron chi connectivity index (χ1n) is 12.4. The van der Waals surface area contributed by atoms with E-state index >= 15 is 0 Å². The summed E-state index contributed by atoms with van der Waals surface area (Å²) in [4.78, 5) is 21.0. The molecular weight excluding hydrogens is 457 g/mol. The predicted molar refractivity (Wildman–Crippen MR) is 139 cm³/mol. The van der Waals surface area contributed by atoms with Gasteiger partial charge in [-0.05, 0) is 85.5 Å². The van der Waals surface area contributed by atoms with Gasteiger partial charge in [0.15, 0.2) is 5.82 Å². The van der Waals surface area contributed by atoms with Gasteiger partial charge in [-0.2, -0.15) is 0 Å². The fourth-order valence-electron chi connectivity index (χ4n) is 4.88. The van der Waals surface area contributed by atoms with Gasteiger partial charge in [0.1, 0.15) is 11.9 Å². The van der Waals surface area contributed by atoms with E-state index in [2.05, 4.69) is 57.1 Å². The van der Waals surface area contributed by atoms with E-state index in [1.807, 2.05) is 41.9 Å². The van der Waals surface area contributed by atoms with Crippen molar-refractivity contribution in [3.63, 3.8) is 0 Å². The van der Waals surface area contributed by atoms with E-state index in [0.29, 0.717) is 24.5 Å². The highest BCUT2D eigenvalue weighted by Crippen LogP contribution is 2.32. The molecule has 0 spiro atoms. The van der Waals surface area contributed by atoms with Crippen LogP contribution in [0, 0.1) is 12.7 Å². The van der Waals surface area contributed by atoms with Crippen molar-refractivity contribution in [1.29, 1.82) is 0 Å². The maximum absolute atomic E-state index is 13.4. The van der Waals surface area contributed by atoms with Crippen molar-refractivity contribution in [1.82, 2.24) is 30.1 Å². The zero-order chi connectivity index (χ0) is 25.4. The summed E-state index contributed by atoms with van der Waals surface area (Å²) in [6.07, 6.45) is 0.837. The highest BCUT2D eigenvalue weighted by atomic mass is 19.1. The number of aryl methyl sites for hydroxylation is 1. The molecule has 36 heavy (non-hydrogen) atoms. The van der Waals surface area contributed by atoms with Crippen molar-refractivity contribution in [2.75, 3.05) is 31.1 Å². The van der Waals surface area contributed by atoms with E-state index in [4.69, 9.17) is 0 Å². The summed E-state index contributed by atoms with van der Waals surface area (Å²) in [6, 6.07) is 14.2. The molecule has 1 atom stereocenters. The third kappa shape index (κ3) is 4.51. The number of aromatic amines is 1. The number of H-pyrrole nitrogens is 1. The summed E-state index contributed by atoms with van der Waals surface area (Å²) in [5.74, 6) is 0.420. The molecule has 3 heterocycles. The first kappa shape index (κ1) is 24.1. The number of fused-ring (bicyclic) bond motifs is 1. The van der Waals surface area contributed by atoms with Gasteiger partial charge in [0.05, 0.1) is 5.54 Å². The average molecular weight is 490 g/mol. The molecule has 1 aliphatic rings. The Morgan fingerprint density at radius 1 is 1.06 bits per heavy atom. The van der Waals surface area contributed by atoms with Crippen molar-refractivity contribution < 1.29 is 4.39 Å². The minimum Gasteiger partial charge on any atom is -0.369 e. The number of rotatable bonds is 6. The Balaban J connectivity index is 1.56. The van der Waals surface area contributed by atoms with Crippen LogP contribution < -0.4 is 10.5 Å². The van der Waals surface area contributed by atoms with E-state index < -0.39 is 6.04 Å². The molecule has 0 unspecified atom stereocenters. The lowest BCUT2D eigenvalue weighted by Gasteiger charge is -2.40. The molecule has 0 bridgehead atoms. The van der Waals surface area contributed by atoms with E-state index in [-0.39, 0.29) is 16.9 Å². The number of hydrogen-bond donors (Lipinski definition) is 1. The maximum atomic E-state index is 13.4. The van der Waals surface area contributed by atoms with Gasteiger partial charge in [-0.25, -0.2) is 9.07 Å². The van der Waals surface area contributed by atoms with Gasteiger partial charge in [-0.1, -0.05) is 18.6 Å². The molecule has 2 aromatic carbocycles. The molecule has 8 nitrogen and oxygen atoms in total. The number of halogens is 1. The van der Waals surface area contributed by atoms with Gasteiger partial charge < -0.3 is 9.88 Å². The second-order valence-electron chi connectivity index (χ2n) is 10.2. The van der Waals surface area contributed by atoms with Crippen LogP contribution in [0.3, 0.4) is 0 Å². The Morgan fingerprint density at radius 3 is 2.47 bits per heavy atom. The van der Waals surface area contributed by atoms with Gasteiger partial charge in [0.2, 0.25) is 0 Å². The Morgan fingerprint density at radius 2 is 1.78 bits per heavy atom. The maximum Gasteiger partial charge on any atom is 0.253 e. The summed E-state index contributed by atoms with van der Waals surface area (Å²) >= 11 is 0. The number of nitrogens with zero attached hydrogens (tertiary/aromatic N) is 6. The Hall–Kier alpha value is -3.59. The van der Waals surface area contributed by atoms with Gasteiger partial charge in [0, 0.05) is 42.9 Å². The van der Waals surface area contributed by atoms with Crippen molar-refractivity contribution in [3.8, 4) is 0 Å². The molecule has 5 rings (SSSR count). The van der Waals surface area contributed by atoms with Crippen molar-refractivity contribution in [3.05, 3.63) is 81.7 Å². The van der Waals surface area contributed by atoms with E-state index in [9.17, 15) is 9.18 Å². The quantitative estimate of drug-likeness (QED) is 0.441. The molecule has 0 aliphatic carbocycles. The SMILES string of the molecule is CCC(C)(C)n1nnnc1[C@H](c1cc2cc(C)ccc2[nH]c1=O)N1CCN(c2ccc(F)cc2)CC1. The molecule has 4 aromatic rings. The van der Waals surface area contributed by atoms with Crippen molar-refractivity contribution in [2.24, 2.45) is 0 Å². The van der Waals surface area contributed by atoms with Gasteiger partial charge >= 0.3 is 0 Å². The monoisotopic (exact) mass is 489 g/mol. The summed E-state index contributed by atoms with van der Waals surface area (Å²) in [5.41, 5.74) is 3.10. The van der Waals surface area contributed by atoms with Crippen LogP contribution in [0.25, 0.3) is 10.9 Å². The molecule has 1 fully saturated rings. The number of hydrogen-bond acceptors (Lipinski definition) is 6. The lowest BCUT2D eigenvalue weighted by molar-refractivity contribution is 0.186. The molecule has 9 heteroatoms. The normalized spacial score (nSPS) is 16.0. The second kappa shape index (κ2) is 9.46. The third-order valence-corrected chi connectivity index (χ3v) is 7.37. The highest BCUT2D eigenvalue weighted by Gasteiger charge is 2.35. The molecule has 2 aromatic heterocycles. The minimum atomic E-state index is -0.408. The van der Waals surface area contributed by atoms with Crippen LogP contribution in [0.2, 0.25) is 0 Å². The van der Waals surface area contributed by atoms with Crippen LogP contribution in [0.1, 0.15) is 50.2 Å². The number of aromatic nitrogens is 5. The standard InChI is InChI=1S/C27H32FN7O/c1-5-27(3,4)35-25(30-31-32-35)24(22-17-19-16-18(2)6-11-23(19)29-26(22)36)34-14-12-33(13-15-34)21-9-7-20(28)8-10-21/h6-11,16-17,24H,5,12-15H2,1-4H3,(H,29,36)/t24-/m0/s1. The number of anilines is 1. The number of piperazine rings is 1. The molecule has 1 aliphatic heterocycles. The Labute approximate surface area is 209 Å². The number of tetrazole rings is 1. The van der Waals surface area contributed by atoms with Gasteiger partial charge in [-0.3, -0.25) is 9.69 Å². The van der Waals surface area contributed by atoms with Gasteiger partial charge in [-0.15, -0.1) is 5.10 Å². The zero-order valence-corrected chi connectivity index (χ0v) is 21.2. The number of nitrogens with one attached hydrogen (secondary N) is 1. The molecule has 0 amide bonds. The van der Waals surface area contributed by atoms with Crippen molar-refractivity contribution >= 4 is 16.6 Å². The molecule has 0 radical (unpaired) electrons. The minimum absolute atomic E-state index is 0.138. The molecule has 188 valence electrons. The first-order chi connectivity index (χ1) is 17.3. The van der Waals surface area contributed by atoms with Crippen LogP contribution in [0.5, 0.6) is 0 Å². The van der Waals surface area contributed by atoms with Crippen LogP contribution in [-0.4, -0.2) is 56.3 Å². The van der Waals surface area contributed by atoms with Gasteiger partial charge in [0.25, 0.3) is 5.56 Å². The molecule has 1 saturated heterocycles. The third-order valence-electron chi connectivity index (χ3n) is 7.37.